The fraction of sp³-hybridized carbons (Fsp3) is 0.174. The van der Waals surface area contributed by atoms with Crippen LogP contribution < -0.4 is 13.9 Å². The fourth-order valence-corrected chi connectivity index (χ4v) is 4.83. The van der Waals surface area contributed by atoms with E-state index < -0.39 is 5.82 Å². The van der Waals surface area contributed by atoms with Crippen molar-refractivity contribution in [1.82, 2.24) is 0 Å². The molecule has 0 bridgehead atoms. The van der Waals surface area contributed by atoms with Gasteiger partial charge in [-0.3, -0.25) is 4.90 Å². The standard InChI is InChI=1S/C23H20ClFN2O2S/c1-14-10-18(11-15(2)22(14)29-3)27-23(28)26(20-6-4-5-7-21(20)30-27)13-16-8-9-17(25)12-19(16)24/h4-12H,13H2,1-3H3. The zero-order chi connectivity index (χ0) is 21.4. The molecule has 0 N–H and O–H groups in total. The minimum Gasteiger partial charge on any atom is -0.496 e. The number of benzene rings is 3. The first kappa shape index (κ1) is 20.6. The molecule has 1 heterocycles. The van der Waals surface area contributed by atoms with Crippen molar-refractivity contribution in [2.24, 2.45) is 0 Å². The molecule has 4 nitrogen and oxygen atoms in total. The average Bonchev–Trinajstić information content (AvgIpc) is 2.71. The maximum absolute atomic E-state index is 13.5. The van der Waals surface area contributed by atoms with Crippen LogP contribution in [0.15, 0.2) is 59.5 Å². The second-order valence-corrected chi connectivity index (χ2v) is 8.47. The molecule has 0 aromatic heterocycles. The topological polar surface area (TPSA) is 32.8 Å². The third kappa shape index (κ3) is 3.73. The number of rotatable bonds is 4. The van der Waals surface area contributed by atoms with Crippen molar-refractivity contribution in [2.75, 3.05) is 16.3 Å². The first-order valence-electron chi connectivity index (χ1n) is 9.37. The van der Waals surface area contributed by atoms with E-state index in [9.17, 15) is 9.18 Å². The van der Waals surface area contributed by atoms with Crippen LogP contribution in [0.4, 0.5) is 20.6 Å². The number of amides is 2. The van der Waals surface area contributed by atoms with Gasteiger partial charge in [0.1, 0.15) is 11.6 Å². The second-order valence-electron chi connectivity index (χ2n) is 7.07. The lowest BCUT2D eigenvalue weighted by Gasteiger charge is -2.36. The van der Waals surface area contributed by atoms with Gasteiger partial charge in [-0.1, -0.05) is 29.8 Å². The third-order valence-corrected chi connectivity index (χ3v) is 6.42. The van der Waals surface area contributed by atoms with E-state index in [4.69, 9.17) is 16.3 Å². The first-order valence-corrected chi connectivity index (χ1v) is 10.5. The number of urea groups is 1. The molecule has 4 rings (SSSR count). The number of carbonyl (C=O) groups is 1. The maximum atomic E-state index is 13.5. The highest BCUT2D eigenvalue weighted by Crippen LogP contribution is 2.43. The van der Waals surface area contributed by atoms with Crippen molar-refractivity contribution in [2.45, 2.75) is 25.3 Å². The van der Waals surface area contributed by atoms with E-state index in [-0.39, 0.29) is 12.6 Å². The number of aryl methyl sites for hydroxylation is 2. The Balaban J connectivity index is 1.76. The molecule has 0 spiro atoms. The molecule has 154 valence electrons. The van der Waals surface area contributed by atoms with Gasteiger partial charge in [0.25, 0.3) is 0 Å². The number of nitrogens with zero attached hydrogens (tertiary/aromatic N) is 2. The molecule has 0 unspecified atom stereocenters. The monoisotopic (exact) mass is 442 g/mol. The van der Waals surface area contributed by atoms with Crippen molar-refractivity contribution in [3.05, 3.63) is 82.1 Å². The van der Waals surface area contributed by atoms with Crippen molar-refractivity contribution < 1.29 is 13.9 Å². The lowest BCUT2D eigenvalue weighted by atomic mass is 10.1. The van der Waals surface area contributed by atoms with Gasteiger partial charge in [0, 0.05) is 5.02 Å². The summed E-state index contributed by atoms with van der Waals surface area (Å²) in [5.74, 6) is 0.402. The molecule has 1 aliphatic heterocycles. The van der Waals surface area contributed by atoms with E-state index in [2.05, 4.69) is 0 Å². The Labute approximate surface area is 184 Å². The number of hydrogen-bond donors (Lipinski definition) is 0. The van der Waals surface area contributed by atoms with Gasteiger partial charge in [-0.15, -0.1) is 0 Å². The van der Waals surface area contributed by atoms with Gasteiger partial charge in [-0.25, -0.2) is 13.5 Å². The Hall–Kier alpha value is -2.70. The minimum atomic E-state index is -0.407. The van der Waals surface area contributed by atoms with E-state index in [0.717, 1.165) is 33.1 Å². The fourth-order valence-electron chi connectivity index (χ4n) is 3.61. The number of carbonyl (C=O) groups excluding carboxylic acids is 1. The Kier molecular flexibility index (Phi) is 5.62. The van der Waals surface area contributed by atoms with Crippen molar-refractivity contribution >= 4 is 41.0 Å². The van der Waals surface area contributed by atoms with Gasteiger partial charge >= 0.3 is 6.03 Å². The van der Waals surface area contributed by atoms with Gasteiger partial charge in [0.05, 0.1) is 29.9 Å². The summed E-state index contributed by atoms with van der Waals surface area (Å²) in [6.07, 6.45) is 0. The summed E-state index contributed by atoms with van der Waals surface area (Å²) in [4.78, 5) is 16.1. The van der Waals surface area contributed by atoms with E-state index >= 15 is 0 Å². The summed E-state index contributed by atoms with van der Waals surface area (Å²) in [5, 5.41) is 0.293. The highest BCUT2D eigenvalue weighted by molar-refractivity contribution is 8.01. The van der Waals surface area contributed by atoms with Gasteiger partial charge in [-0.05, 0) is 78.9 Å². The lowest BCUT2D eigenvalue weighted by Crippen LogP contribution is -2.43. The van der Waals surface area contributed by atoms with E-state index in [1.54, 1.807) is 22.4 Å². The quantitative estimate of drug-likeness (QED) is 0.418. The predicted molar refractivity (Wildman–Crippen MR) is 120 cm³/mol. The van der Waals surface area contributed by atoms with Crippen LogP contribution in [0.5, 0.6) is 5.75 Å². The van der Waals surface area contributed by atoms with Crippen LogP contribution in [-0.2, 0) is 6.54 Å². The summed E-state index contributed by atoms with van der Waals surface area (Å²) in [6, 6.07) is 15.6. The molecule has 0 fully saturated rings. The van der Waals surface area contributed by atoms with Crippen LogP contribution in [-0.4, -0.2) is 13.1 Å². The molecule has 7 heteroatoms. The van der Waals surface area contributed by atoms with Gasteiger partial charge in [0.15, 0.2) is 0 Å². The molecule has 2 amide bonds. The van der Waals surface area contributed by atoms with Gasteiger partial charge < -0.3 is 4.74 Å². The van der Waals surface area contributed by atoms with Crippen molar-refractivity contribution in [3.8, 4) is 5.75 Å². The number of hydrogen-bond acceptors (Lipinski definition) is 3. The normalized spacial score (nSPS) is 13.4. The van der Waals surface area contributed by atoms with Crippen LogP contribution in [0, 0.1) is 19.7 Å². The van der Waals surface area contributed by atoms with Gasteiger partial charge in [-0.2, -0.15) is 0 Å². The molecule has 0 radical (unpaired) electrons. The number of anilines is 2. The second kappa shape index (κ2) is 8.20. The number of fused-ring (bicyclic) bond motifs is 1. The number of ether oxygens (including phenoxy) is 1. The van der Waals surface area contributed by atoms with Crippen LogP contribution in [0.3, 0.4) is 0 Å². The Morgan fingerprint density at radius 3 is 2.43 bits per heavy atom. The van der Waals surface area contributed by atoms with E-state index in [1.165, 1.54) is 24.1 Å². The molecular weight excluding hydrogens is 423 g/mol. The maximum Gasteiger partial charge on any atom is 0.339 e. The molecule has 0 aliphatic carbocycles. The number of methoxy groups -OCH3 is 1. The Morgan fingerprint density at radius 1 is 1.07 bits per heavy atom. The zero-order valence-electron chi connectivity index (χ0n) is 16.8. The molecular formula is C23H20ClFN2O2S. The van der Waals surface area contributed by atoms with E-state index in [0.29, 0.717) is 10.6 Å². The molecule has 3 aromatic rings. The molecule has 1 aliphatic rings. The zero-order valence-corrected chi connectivity index (χ0v) is 18.4. The summed E-state index contributed by atoms with van der Waals surface area (Å²) < 4.78 is 20.6. The highest BCUT2D eigenvalue weighted by Gasteiger charge is 2.33. The van der Waals surface area contributed by atoms with E-state index in [1.807, 2.05) is 50.2 Å². The Bertz CT molecular complexity index is 1110. The molecule has 3 aromatic carbocycles. The Morgan fingerprint density at radius 2 is 1.77 bits per heavy atom. The van der Waals surface area contributed by atoms with Gasteiger partial charge in [0.2, 0.25) is 0 Å². The van der Waals surface area contributed by atoms with Crippen LogP contribution >= 0.6 is 23.5 Å². The van der Waals surface area contributed by atoms with Crippen molar-refractivity contribution in [1.29, 1.82) is 0 Å². The summed E-state index contributed by atoms with van der Waals surface area (Å²) in [5.41, 5.74) is 4.15. The van der Waals surface area contributed by atoms with Crippen LogP contribution in [0.1, 0.15) is 16.7 Å². The lowest BCUT2D eigenvalue weighted by molar-refractivity contribution is 0.254. The highest BCUT2D eigenvalue weighted by atomic mass is 35.5. The number of para-hydroxylation sites is 1. The molecule has 0 saturated heterocycles. The predicted octanol–water partition coefficient (Wildman–Crippen LogP) is 6.76. The number of halogens is 2. The largest absolute Gasteiger partial charge is 0.496 e. The molecule has 30 heavy (non-hydrogen) atoms. The summed E-state index contributed by atoms with van der Waals surface area (Å²) >= 11 is 7.62. The average molecular weight is 443 g/mol. The third-order valence-electron chi connectivity index (χ3n) is 4.98. The molecule has 0 saturated carbocycles. The summed E-state index contributed by atoms with van der Waals surface area (Å²) in [6.45, 7) is 4.15. The minimum absolute atomic E-state index is 0.192. The smallest absolute Gasteiger partial charge is 0.339 e. The summed E-state index contributed by atoms with van der Waals surface area (Å²) in [7, 11) is 1.64. The first-order chi connectivity index (χ1) is 14.4. The van der Waals surface area contributed by atoms with Crippen LogP contribution in [0.25, 0.3) is 0 Å². The van der Waals surface area contributed by atoms with Crippen molar-refractivity contribution in [3.63, 3.8) is 0 Å². The van der Waals surface area contributed by atoms with Crippen LogP contribution in [0.2, 0.25) is 5.02 Å². The SMILES string of the molecule is COc1c(C)cc(N2Sc3ccccc3N(Cc3ccc(F)cc3Cl)C2=O)cc1C. The molecule has 0 atom stereocenters.